The molecule has 1 atom stereocenters. The highest BCUT2D eigenvalue weighted by Gasteiger charge is 2.26. The molecule has 0 fully saturated rings. The van der Waals surface area contributed by atoms with E-state index in [2.05, 4.69) is 103 Å². The maximum atomic E-state index is 9.76. The second kappa shape index (κ2) is 9.07. The Bertz CT molecular complexity index is 1030. The van der Waals surface area contributed by atoms with E-state index >= 15 is 0 Å². The highest BCUT2D eigenvalue weighted by atomic mass is 32.2. The first-order valence-corrected chi connectivity index (χ1v) is 11.4. The van der Waals surface area contributed by atoms with Gasteiger partial charge >= 0.3 is 0 Å². The van der Waals surface area contributed by atoms with E-state index in [0.29, 0.717) is 0 Å². The van der Waals surface area contributed by atoms with Crippen LogP contribution in [0, 0.1) is 13.8 Å². The fourth-order valence-electron chi connectivity index (χ4n) is 4.23. The molecule has 1 N–H and O–H groups in total. The van der Waals surface area contributed by atoms with Crippen molar-refractivity contribution >= 4 is 23.5 Å². The quantitative estimate of drug-likeness (QED) is 0.526. The molecule has 3 aromatic rings. The summed E-state index contributed by atoms with van der Waals surface area (Å²) in [7, 11) is 0. The van der Waals surface area contributed by atoms with Gasteiger partial charge in [-0.15, -0.1) is 0 Å². The molecule has 1 aromatic heterocycles. The van der Waals surface area contributed by atoms with Gasteiger partial charge in [0.15, 0.2) is 17.4 Å². The fraction of sp³-hybridized carbons (Fsp3) is 0.269. The Morgan fingerprint density at radius 3 is 2.33 bits per heavy atom. The van der Waals surface area contributed by atoms with Crippen molar-refractivity contribution in [3.63, 3.8) is 0 Å². The Balaban J connectivity index is 1.71. The molecule has 0 aliphatic carbocycles. The number of aliphatic hydroxyl groups excluding tert-OH is 1. The third-order valence-electron chi connectivity index (χ3n) is 5.67. The Kier molecular flexibility index (Phi) is 6.26. The number of rotatable bonds is 6. The summed E-state index contributed by atoms with van der Waals surface area (Å²) in [5, 5.41) is 11.0. The van der Waals surface area contributed by atoms with Crippen molar-refractivity contribution < 1.29 is 9.67 Å². The Hall–Kier alpha value is -2.56. The number of aromatic nitrogens is 1. The largest absolute Gasteiger partial charge is 0.389 e. The first-order chi connectivity index (χ1) is 14.6. The lowest BCUT2D eigenvalue weighted by atomic mass is 10.1. The van der Waals surface area contributed by atoms with E-state index in [1.807, 2.05) is 11.8 Å². The molecule has 4 rings (SSSR count). The summed E-state index contributed by atoms with van der Waals surface area (Å²) >= 11 is 1.83. The number of thioether (sulfide) groups is 1. The Morgan fingerprint density at radius 1 is 1.00 bits per heavy atom. The zero-order valence-corrected chi connectivity index (χ0v) is 18.7. The van der Waals surface area contributed by atoms with Crippen LogP contribution in [-0.2, 0) is 6.54 Å². The number of aryl methyl sites for hydroxylation is 2. The number of fused-ring (bicyclic) bond motifs is 1. The summed E-state index contributed by atoms with van der Waals surface area (Å²) in [5.74, 6) is 0. The van der Waals surface area contributed by atoms with Crippen LogP contribution in [0.25, 0.3) is 6.08 Å². The molecule has 0 spiro atoms. The predicted molar refractivity (Wildman–Crippen MR) is 125 cm³/mol. The van der Waals surface area contributed by atoms with Gasteiger partial charge in [-0.05, 0) is 29.3 Å². The monoisotopic (exact) mass is 417 g/mol. The zero-order chi connectivity index (χ0) is 21.1. The van der Waals surface area contributed by atoms with E-state index in [9.17, 15) is 5.11 Å². The third kappa shape index (κ3) is 4.16. The Labute approximate surface area is 183 Å². The second-order valence-corrected chi connectivity index (χ2v) is 8.87. The van der Waals surface area contributed by atoms with Gasteiger partial charge in [-0.3, -0.25) is 0 Å². The molecule has 1 aliphatic heterocycles. The van der Waals surface area contributed by atoms with Gasteiger partial charge in [-0.25, -0.2) is 0 Å². The van der Waals surface area contributed by atoms with Crippen LogP contribution in [0.2, 0.25) is 0 Å². The van der Waals surface area contributed by atoms with Crippen molar-refractivity contribution in [1.82, 2.24) is 0 Å². The summed E-state index contributed by atoms with van der Waals surface area (Å²) in [6, 6.07) is 23.8. The summed E-state index contributed by atoms with van der Waals surface area (Å²) in [5.41, 5.74) is 6.12. The molecule has 0 unspecified atom stereocenters. The second-order valence-electron chi connectivity index (χ2n) is 7.81. The number of pyridine rings is 1. The molecule has 0 saturated carbocycles. The number of aliphatic hydroxyl groups is 1. The van der Waals surface area contributed by atoms with Gasteiger partial charge in [0.2, 0.25) is 0 Å². The number of hydrogen-bond donors (Lipinski definition) is 1. The van der Waals surface area contributed by atoms with Crippen LogP contribution in [0.5, 0.6) is 0 Å². The van der Waals surface area contributed by atoms with E-state index in [1.54, 1.807) is 0 Å². The molecule has 3 nitrogen and oxygen atoms in total. The number of hydrogen-bond acceptors (Lipinski definition) is 3. The molecule has 30 heavy (non-hydrogen) atoms. The summed E-state index contributed by atoms with van der Waals surface area (Å²) in [6.07, 6.45) is 3.21. The minimum Gasteiger partial charge on any atom is -0.389 e. The van der Waals surface area contributed by atoms with Crippen LogP contribution in [0.15, 0.2) is 76.7 Å². The van der Waals surface area contributed by atoms with Crippen molar-refractivity contribution in [2.24, 2.45) is 0 Å². The molecule has 0 bridgehead atoms. The molecule has 0 saturated heterocycles. The number of benzene rings is 2. The van der Waals surface area contributed by atoms with Crippen LogP contribution in [0.3, 0.4) is 0 Å². The number of nitrogens with zero attached hydrogens (tertiary/aromatic N) is 2. The maximum absolute atomic E-state index is 9.76. The van der Waals surface area contributed by atoms with E-state index in [1.165, 1.54) is 38.1 Å². The predicted octanol–water partition coefficient (Wildman–Crippen LogP) is 5.65. The van der Waals surface area contributed by atoms with E-state index in [-0.39, 0.29) is 12.6 Å². The lowest BCUT2D eigenvalue weighted by Gasteiger charge is -2.21. The normalized spacial score (nSPS) is 15.5. The van der Waals surface area contributed by atoms with Crippen LogP contribution in [0.4, 0.5) is 5.69 Å². The lowest BCUT2D eigenvalue weighted by Crippen LogP contribution is -2.46. The maximum Gasteiger partial charge on any atom is 0.181 e. The zero-order valence-electron chi connectivity index (χ0n) is 17.9. The summed E-state index contributed by atoms with van der Waals surface area (Å²) in [4.78, 5) is 3.70. The Morgan fingerprint density at radius 2 is 1.67 bits per heavy atom. The van der Waals surface area contributed by atoms with Crippen LogP contribution in [0.1, 0.15) is 41.9 Å². The molecule has 0 amide bonds. The molecule has 2 heterocycles. The summed E-state index contributed by atoms with van der Waals surface area (Å²) in [6.45, 7) is 7.40. The van der Waals surface area contributed by atoms with Gasteiger partial charge in [-0.1, -0.05) is 61.2 Å². The topological polar surface area (TPSA) is 27.4 Å². The van der Waals surface area contributed by atoms with Crippen molar-refractivity contribution in [3.8, 4) is 0 Å². The van der Waals surface area contributed by atoms with Crippen molar-refractivity contribution in [2.75, 3.05) is 11.5 Å². The molecule has 2 aromatic carbocycles. The van der Waals surface area contributed by atoms with Crippen LogP contribution >= 0.6 is 11.8 Å². The van der Waals surface area contributed by atoms with Crippen LogP contribution in [-0.4, -0.2) is 11.7 Å². The van der Waals surface area contributed by atoms with Crippen LogP contribution < -0.4 is 9.47 Å². The van der Waals surface area contributed by atoms with E-state index in [4.69, 9.17) is 0 Å². The van der Waals surface area contributed by atoms with Gasteiger partial charge in [0.05, 0.1) is 10.7 Å². The van der Waals surface area contributed by atoms with Gasteiger partial charge in [0.25, 0.3) is 0 Å². The minimum atomic E-state index is 0.131. The fourth-order valence-corrected chi connectivity index (χ4v) is 5.35. The molecule has 0 radical (unpaired) electrons. The summed E-state index contributed by atoms with van der Waals surface area (Å²) < 4.78 is 2.25. The average Bonchev–Trinajstić information content (AvgIpc) is 3.08. The van der Waals surface area contributed by atoms with E-state index in [0.717, 1.165) is 13.0 Å². The smallest absolute Gasteiger partial charge is 0.181 e. The van der Waals surface area contributed by atoms with Gasteiger partial charge in [0, 0.05) is 43.8 Å². The van der Waals surface area contributed by atoms with Crippen molar-refractivity contribution in [1.29, 1.82) is 0 Å². The standard InChI is InChI=1S/C26H29N2OS/c1-4-23(18-29)28-19(2)14-22(15-20(28)3)16-26-27(17-21-10-6-5-7-11-21)24-12-8-9-13-25(24)30-26/h5-16,23,29H,4,17-18H2,1-3H3/q+1/t23-/m1/s1. The lowest BCUT2D eigenvalue weighted by molar-refractivity contribution is -0.735. The SMILES string of the molecule is CC[C@H](CO)[n+]1c(C)cc(C=C2Sc3ccccc3N2Cc2ccccc2)cc1C. The minimum absolute atomic E-state index is 0.131. The van der Waals surface area contributed by atoms with Crippen molar-refractivity contribution in [2.45, 2.75) is 44.7 Å². The third-order valence-corrected chi connectivity index (χ3v) is 6.78. The first-order valence-electron chi connectivity index (χ1n) is 10.5. The van der Waals surface area contributed by atoms with Gasteiger partial charge in [-0.2, -0.15) is 4.57 Å². The number of para-hydroxylation sites is 1. The molecule has 4 heteroatoms. The van der Waals surface area contributed by atoms with Crippen molar-refractivity contribution in [3.05, 3.63) is 94.3 Å². The average molecular weight is 418 g/mol. The molecular formula is C26H29N2OS+. The molecule has 1 aliphatic rings. The first kappa shape index (κ1) is 20.7. The van der Waals surface area contributed by atoms with Gasteiger partial charge < -0.3 is 10.0 Å². The molecular weight excluding hydrogens is 388 g/mol. The molecule has 154 valence electrons. The highest BCUT2D eigenvalue weighted by Crippen LogP contribution is 2.47. The number of anilines is 1. The highest BCUT2D eigenvalue weighted by molar-refractivity contribution is 8.03. The van der Waals surface area contributed by atoms with E-state index < -0.39 is 0 Å². The van der Waals surface area contributed by atoms with Gasteiger partial charge in [0.1, 0.15) is 6.61 Å².